The molecule has 118 valence electrons. The molecule has 1 aromatic carbocycles. The van der Waals surface area contributed by atoms with Crippen molar-refractivity contribution in [3.05, 3.63) is 42.4 Å². The maximum atomic E-state index is 11.8. The van der Waals surface area contributed by atoms with E-state index in [9.17, 15) is 8.42 Å². The van der Waals surface area contributed by atoms with Gasteiger partial charge >= 0.3 is 10.1 Å². The predicted octanol–water partition coefficient (Wildman–Crippen LogP) is 3.04. The van der Waals surface area contributed by atoms with Crippen LogP contribution in [0.2, 0.25) is 0 Å². The Labute approximate surface area is 130 Å². The van der Waals surface area contributed by atoms with E-state index in [1.807, 2.05) is 19.9 Å². The van der Waals surface area contributed by atoms with Gasteiger partial charge in [-0.15, -0.1) is 0 Å². The molecule has 0 aliphatic carbocycles. The van der Waals surface area contributed by atoms with Gasteiger partial charge in [0.05, 0.1) is 5.75 Å². The van der Waals surface area contributed by atoms with Crippen molar-refractivity contribution in [2.45, 2.75) is 26.7 Å². The Morgan fingerprint density at radius 1 is 1.23 bits per heavy atom. The third-order valence-electron chi connectivity index (χ3n) is 2.88. The Morgan fingerprint density at radius 3 is 2.77 bits per heavy atom. The number of aryl methyl sites for hydroxylation is 1. The van der Waals surface area contributed by atoms with Gasteiger partial charge in [-0.2, -0.15) is 8.42 Å². The molecule has 0 amide bonds. The molecule has 6 nitrogen and oxygen atoms in total. The van der Waals surface area contributed by atoms with Crippen LogP contribution in [0.3, 0.4) is 0 Å². The van der Waals surface area contributed by atoms with E-state index < -0.39 is 10.1 Å². The van der Waals surface area contributed by atoms with Crippen LogP contribution in [-0.4, -0.2) is 24.1 Å². The van der Waals surface area contributed by atoms with Gasteiger partial charge in [0, 0.05) is 23.5 Å². The van der Waals surface area contributed by atoms with Crippen LogP contribution in [0.4, 0.5) is 11.5 Å². The molecule has 0 spiro atoms. The highest BCUT2D eigenvalue weighted by molar-refractivity contribution is 7.87. The summed E-state index contributed by atoms with van der Waals surface area (Å²) < 4.78 is 28.7. The zero-order valence-electron chi connectivity index (χ0n) is 12.6. The van der Waals surface area contributed by atoms with Crippen molar-refractivity contribution in [1.29, 1.82) is 0 Å². The number of hydrogen-bond donors (Lipinski definition) is 1. The minimum absolute atomic E-state index is 0.0201. The van der Waals surface area contributed by atoms with E-state index in [2.05, 4.69) is 15.3 Å². The van der Waals surface area contributed by atoms with Crippen molar-refractivity contribution < 1.29 is 12.6 Å². The number of anilines is 2. The van der Waals surface area contributed by atoms with Crippen molar-refractivity contribution in [3.63, 3.8) is 0 Å². The first kappa shape index (κ1) is 16.2. The predicted molar refractivity (Wildman–Crippen MR) is 85.8 cm³/mol. The van der Waals surface area contributed by atoms with Gasteiger partial charge in [0.15, 0.2) is 0 Å². The lowest BCUT2D eigenvalue weighted by molar-refractivity contribution is 0.484. The summed E-state index contributed by atoms with van der Waals surface area (Å²) in [7, 11) is -3.55. The largest absolute Gasteiger partial charge is 0.382 e. The molecule has 0 saturated heterocycles. The van der Waals surface area contributed by atoms with Crippen LogP contribution in [0.5, 0.6) is 5.75 Å². The summed E-state index contributed by atoms with van der Waals surface area (Å²) in [6, 6.07) is 8.57. The standard InChI is InChI=1S/C15H19N3O3S/c1-3-4-8-22(19,20)21-14-7-5-6-13(10-14)18-15-9-12(2)16-11-17-15/h5-7,9-11H,3-4,8H2,1-2H3,(H,16,17,18). The Morgan fingerprint density at radius 2 is 2.05 bits per heavy atom. The third kappa shape index (κ3) is 5.00. The van der Waals surface area contributed by atoms with E-state index in [0.29, 0.717) is 17.9 Å². The first-order chi connectivity index (χ1) is 10.5. The van der Waals surface area contributed by atoms with Crippen molar-refractivity contribution >= 4 is 21.6 Å². The molecule has 1 N–H and O–H groups in total. The van der Waals surface area contributed by atoms with Crippen LogP contribution in [0.1, 0.15) is 25.5 Å². The SMILES string of the molecule is CCCCS(=O)(=O)Oc1cccc(Nc2cc(C)ncn2)c1. The van der Waals surface area contributed by atoms with Crippen LogP contribution >= 0.6 is 0 Å². The first-order valence-corrected chi connectivity index (χ1v) is 8.64. The minimum atomic E-state index is -3.55. The second-order valence-electron chi connectivity index (χ2n) is 4.90. The highest BCUT2D eigenvalue weighted by Gasteiger charge is 2.12. The van der Waals surface area contributed by atoms with Gasteiger partial charge in [-0.05, 0) is 25.5 Å². The van der Waals surface area contributed by atoms with Crippen LogP contribution in [0.25, 0.3) is 0 Å². The average Bonchev–Trinajstić information content (AvgIpc) is 2.45. The van der Waals surface area contributed by atoms with Gasteiger partial charge in [-0.3, -0.25) is 0 Å². The Bertz CT molecular complexity index is 732. The smallest absolute Gasteiger partial charge is 0.309 e. The number of nitrogens with one attached hydrogen (secondary N) is 1. The average molecular weight is 321 g/mol. The Hall–Kier alpha value is -2.15. The molecule has 0 aliphatic rings. The lowest BCUT2D eigenvalue weighted by Gasteiger charge is -2.09. The van der Waals surface area contributed by atoms with Gasteiger partial charge in [0.1, 0.15) is 17.9 Å². The molecule has 0 fully saturated rings. The molecule has 2 rings (SSSR count). The number of hydrogen-bond acceptors (Lipinski definition) is 6. The normalized spacial score (nSPS) is 11.2. The number of aromatic nitrogens is 2. The highest BCUT2D eigenvalue weighted by Crippen LogP contribution is 2.22. The van der Waals surface area contributed by atoms with Gasteiger partial charge in [-0.25, -0.2) is 9.97 Å². The molecule has 0 bridgehead atoms. The zero-order valence-corrected chi connectivity index (χ0v) is 13.4. The van der Waals surface area contributed by atoms with E-state index in [0.717, 1.165) is 12.1 Å². The molecule has 1 heterocycles. The number of unbranched alkanes of at least 4 members (excludes halogenated alkanes) is 1. The third-order valence-corrected chi connectivity index (χ3v) is 4.12. The van der Waals surface area contributed by atoms with Crippen LogP contribution in [0, 0.1) is 6.92 Å². The highest BCUT2D eigenvalue weighted by atomic mass is 32.2. The fourth-order valence-electron chi connectivity index (χ4n) is 1.81. The van der Waals surface area contributed by atoms with Crippen LogP contribution in [-0.2, 0) is 10.1 Å². The molecule has 2 aromatic rings. The molecule has 0 unspecified atom stereocenters. The van der Waals surface area contributed by atoms with Gasteiger partial charge < -0.3 is 9.50 Å². The molecule has 0 aliphatic heterocycles. The fraction of sp³-hybridized carbons (Fsp3) is 0.333. The van der Waals surface area contributed by atoms with Crippen molar-refractivity contribution in [1.82, 2.24) is 9.97 Å². The summed E-state index contributed by atoms with van der Waals surface area (Å²) >= 11 is 0. The van der Waals surface area contributed by atoms with Crippen LogP contribution < -0.4 is 9.50 Å². The van der Waals surface area contributed by atoms with Gasteiger partial charge in [0.2, 0.25) is 0 Å². The molecular weight excluding hydrogens is 302 g/mol. The summed E-state index contributed by atoms with van der Waals surface area (Å²) in [6.45, 7) is 3.80. The molecule has 0 atom stereocenters. The summed E-state index contributed by atoms with van der Waals surface area (Å²) in [5.74, 6) is 0.942. The molecular formula is C15H19N3O3S. The topological polar surface area (TPSA) is 81.2 Å². The maximum absolute atomic E-state index is 11.8. The second-order valence-corrected chi connectivity index (χ2v) is 6.59. The van der Waals surface area contributed by atoms with E-state index in [-0.39, 0.29) is 11.5 Å². The number of nitrogens with zero attached hydrogens (tertiary/aromatic N) is 2. The zero-order chi connectivity index (χ0) is 16.0. The molecule has 22 heavy (non-hydrogen) atoms. The van der Waals surface area contributed by atoms with E-state index in [1.165, 1.54) is 6.33 Å². The molecule has 1 aromatic heterocycles. The van der Waals surface area contributed by atoms with E-state index in [4.69, 9.17) is 4.18 Å². The number of benzene rings is 1. The Balaban J connectivity index is 2.10. The van der Waals surface area contributed by atoms with Crippen LogP contribution in [0.15, 0.2) is 36.7 Å². The molecule has 7 heteroatoms. The van der Waals surface area contributed by atoms with Gasteiger partial charge in [-0.1, -0.05) is 19.4 Å². The minimum Gasteiger partial charge on any atom is -0.382 e. The fourth-order valence-corrected chi connectivity index (χ4v) is 2.93. The van der Waals surface area contributed by atoms with E-state index in [1.54, 1.807) is 24.3 Å². The summed E-state index contributed by atoms with van der Waals surface area (Å²) in [5, 5.41) is 3.09. The summed E-state index contributed by atoms with van der Waals surface area (Å²) in [6.07, 6.45) is 2.85. The number of rotatable bonds is 7. The van der Waals surface area contributed by atoms with Crippen molar-refractivity contribution in [2.24, 2.45) is 0 Å². The van der Waals surface area contributed by atoms with Gasteiger partial charge in [0.25, 0.3) is 0 Å². The Kier molecular flexibility index (Phi) is 5.32. The monoisotopic (exact) mass is 321 g/mol. The van der Waals surface area contributed by atoms with Crippen molar-refractivity contribution in [3.8, 4) is 5.75 Å². The van der Waals surface area contributed by atoms with Crippen molar-refractivity contribution in [2.75, 3.05) is 11.1 Å². The van der Waals surface area contributed by atoms with E-state index >= 15 is 0 Å². The molecule has 0 saturated carbocycles. The lowest BCUT2D eigenvalue weighted by atomic mass is 10.3. The lowest BCUT2D eigenvalue weighted by Crippen LogP contribution is -2.13. The summed E-state index contributed by atoms with van der Waals surface area (Å²) in [4.78, 5) is 8.12. The molecule has 0 radical (unpaired) electrons. The quantitative estimate of drug-likeness (QED) is 0.789. The second kappa shape index (κ2) is 7.22. The summed E-state index contributed by atoms with van der Waals surface area (Å²) in [5.41, 5.74) is 1.54. The maximum Gasteiger partial charge on any atom is 0.309 e. The first-order valence-electron chi connectivity index (χ1n) is 7.06.